The fourth-order valence-electron chi connectivity index (χ4n) is 1.90. The first-order chi connectivity index (χ1) is 7.63. The summed E-state index contributed by atoms with van der Waals surface area (Å²) in [5.74, 6) is 0.704. The van der Waals surface area contributed by atoms with Gasteiger partial charge in [-0.3, -0.25) is 4.98 Å². The molecule has 0 aliphatic carbocycles. The van der Waals surface area contributed by atoms with E-state index in [0.29, 0.717) is 12.0 Å². The Labute approximate surface area is 99.5 Å². The Kier molecular flexibility index (Phi) is 5.47. The van der Waals surface area contributed by atoms with Crippen LogP contribution < -0.4 is 5.32 Å². The van der Waals surface area contributed by atoms with Crippen LogP contribution in [0.4, 0.5) is 0 Å². The van der Waals surface area contributed by atoms with Crippen LogP contribution in [0.1, 0.15) is 50.8 Å². The van der Waals surface area contributed by atoms with E-state index < -0.39 is 0 Å². The van der Waals surface area contributed by atoms with Gasteiger partial charge in [-0.1, -0.05) is 26.8 Å². The number of hydrogen-bond acceptors (Lipinski definition) is 2. The lowest BCUT2D eigenvalue weighted by Gasteiger charge is -2.21. The predicted octanol–water partition coefficient (Wildman–Crippen LogP) is 3.48. The number of nitrogens with zero attached hydrogens (tertiary/aromatic N) is 1. The van der Waals surface area contributed by atoms with Crippen molar-refractivity contribution in [2.45, 2.75) is 46.6 Å². The molecule has 0 saturated carbocycles. The molecule has 0 amide bonds. The third kappa shape index (κ3) is 4.31. The molecular formula is C14H24N2. The lowest BCUT2D eigenvalue weighted by atomic mass is 9.97. The molecule has 90 valence electrons. The zero-order chi connectivity index (χ0) is 12.0. The summed E-state index contributed by atoms with van der Waals surface area (Å²) in [4.78, 5) is 4.28. The molecule has 0 aliphatic heterocycles. The van der Waals surface area contributed by atoms with E-state index >= 15 is 0 Å². The highest BCUT2D eigenvalue weighted by atomic mass is 14.9. The van der Waals surface area contributed by atoms with E-state index in [0.717, 1.165) is 6.54 Å². The van der Waals surface area contributed by atoms with Gasteiger partial charge in [0.05, 0.1) is 0 Å². The summed E-state index contributed by atoms with van der Waals surface area (Å²) in [5, 5.41) is 3.60. The van der Waals surface area contributed by atoms with Crippen molar-refractivity contribution in [1.29, 1.82) is 0 Å². The summed E-state index contributed by atoms with van der Waals surface area (Å²) < 4.78 is 0. The summed E-state index contributed by atoms with van der Waals surface area (Å²) in [5.41, 5.74) is 2.56. The van der Waals surface area contributed by atoms with Gasteiger partial charge in [0.25, 0.3) is 0 Å². The van der Waals surface area contributed by atoms with E-state index in [2.05, 4.69) is 44.1 Å². The van der Waals surface area contributed by atoms with Crippen LogP contribution in [0.2, 0.25) is 0 Å². The fraction of sp³-hybridized carbons (Fsp3) is 0.643. The molecule has 1 heterocycles. The zero-order valence-corrected chi connectivity index (χ0v) is 11.0. The first kappa shape index (κ1) is 13.2. The molecule has 1 atom stereocenters. The minimum Gasteiger partial charge on any atom is -0.310 e. The normalized spacial score (nSPS) is 13.1. The van der Waals surface area contributed by atoms with Crippen molar-refractivity contribution in [2.24, 2.45) is 5.92 Å². The Morgan fingerprint density at radius 2 is 2.06 bits per heavy atom. The molecule has 1 unspecified atom stereocenters. The van der Waals surface area contributed by atoms with E-state index in [1.54, 1.807) is 0 Å². The molecule has 1 N–H and O–H groups in total. The number of nitrogens with one attached hydrogen (secondary N) is 1. The molecule has 0 fully saturated rings. The van der Waals surface area contributed by atoms with Gasteiger partial charge in [0.2, 0.25) is 0 Å². The van der Waals surface area contributed by atoms with E-state index in [-0.39, 0.29) is 0 Å². The minimum atomic E-state index is 0.451. The monoisotopic (exact) mass is 220 g/mol. The van der Waals surface area contributed by atoms with Gasteiger partial charge in [0.1, 0.15) is 0 Å². The molecular weight excluding hydrogens is 196 g/mol. The molecule has 2 nitrogen and oxygen atoms in total. The largest absolute Gasteiger partial charge is 0.310 e. The van der Waals surface area contributed by atoms with Crippen LogP contribution >= 0.6 is 0 Å². The highest BCUT2D eigenvalue weighted by Gasteiger charge is 2.12. The Morgan fingerprint density at radius 3 is 2.62 bits per heavy atom. The van der Waals surface area contributed by atoms with Gasteiger partial charge >= 0.3 is 0 Å². The standard InChI is InChI=1S/C14H24N2/c1-5-6-16-14(7-11(2)3)13-8-12(4)9-15-10-13/h8-11,14,16H,5-7H2,1-4H3. The molecule has 0 bridgehead atoms. The number of aromatic nitrogens is 1. The van der Waals surface area contributed by atoms with Crippen LogP contribution in [0, 0.1) is 12.8 Å². The van der Waals surface area contributed by atoms with Crippen LogP contribution in [0.3, 0.4) is 0 Å². The zero-order valence-electron chi connectivity index (χ0n) is 11.0. The van der Waals surface area contributed by atoms with Crippen LogP contribution in [-0.2, 0) is 0 Å². The highest BCUT2D eigenvalue weighted by molar-refractivity contribution is 5.20. The molecule has 16 heavy (non-hydrogen) atoms. The van der Waals surface area contributed by atoms with Crippen LogP contribution in [-0.4, -0.2) is 11.5 Å². The molecule has 0 aromatic carbocycles. The summed E-state index contributed by atoms with van der Waals surface area (Å²) >= 11 is 0. The summed E-state index contributed by atoms with van der Waals surface area (Å²) in [6.07, 6.45) is 6.25. The second-order valence-electron chi connectivity index (χ2n) is 4.93. The van der Waals surface area contributed by atoms with Crippen molar-refractivity contribution >= 4 is 0 Å². The maximum Gasteiger partial charge on any atom is 0.0338 e. The minimum absolute atomic E-state index is 0.451. The predicted molar refractivity (Wildman–Crippen MR) is 69.5 cm³/mol. The average Bonchev–Trinajstić information content (AvgIpc) is 2.23. The van der Waals surface area contributed by atoms with Crippen molar-refractivity contribution in [3.05, 3.63) is 29.6 Å². The van der Waals surface area contributed by atoms with Crippen molar-refractivity contribution < 1.29 is 0 Å². The number of pyridine rings is 1. The van der Waals surface area contributed by atoms with E-state index in [1.807, 2.05) is 12.4 Å². The molecule has 0 spiro atoms. The lowest BCUT2D eigenvalue weighted by molar-refractivity contribution is 0.429. The number of aryl methyl sites for hydroxylation is 1. The Bertz CT molecular complexity index is 307. The van der Waals surface area contributed by atoms with E-state index in [4.69, 9.17) is 0 Å². The lowest BCUT2D eigenvalue weighted by Crippen LogP contribution is -2.23. The molecule has 1 aromatic heterocycles. The molecule has 0 saturated heterocycles. The third-order valence-corrected chi connectivity index (χ3v) is 2.65. The number of hydrogen-bond donors (Lipinski definition) is 1. The molecule has 0 radical (unpaired) electrons. The quantitative estimate of drug-likeness (QED) is 0.794. The molecule has 1 rings (SSSR count). The van der Waals surface area contributed by atoms with Gasteiger partial charge in [-0.05, 0) is 43.4 Å². The van der Waals surface area contributed by atoms with Crippen LogP contribution in [0.25, 0.3) is 0 Å². The SMILES string of the molecule is CCCNC(CC(C)C)c1cncc(C)c1. The van der Waals surface area contributed by atoms with Crippen LogP contribution in [0.5, 0.6) is 0 Å². The van der Waals surface area contributed by atoms with Gasteiger partial charge in [0.15, 0.2) is 0 Å². The fourth-order valence-corrected chi connectivity index (χ4v) is 1.90. The second-order valence-corrected chi connectivity index (χ2v) is 4.93. The topological polar surface area (TPSA) is 24.9 Å². The van der Waals surface area contributed by atoms with Gasteiger partial charge in [0, 0.05) is 18.4 Å². The van der Waals surface area contributed by atoms with Crippen molar-refractivity contribution in [3.8, 4) is 0 Å². The molecule has 1 aromatic rings. The summed E-state index contributed by atoms with van der Waals surface area (Å²) in [6.45, 7) is 9.91. The maximum atomic E-state index is 4.28. The third-order valence-electron chi connectivity index (χ3n) is 2.65. The first-order valence-electron chi connectivity index (χ1n) is 6.28. The summed E-state index contributed by atoms with van der Waals surface area (Å²) in [6, 6.07) is 2.69. The average molecular weight is 220 g/mol. The van der Waals surface area contributed by atoms with Crippen molar-refractivity contribution in [3.63, 3.8) is 0 Å². The van der Waals surface area contributed by atoms with Gasteiger partial charge < -0.3 is 5.32 Å². The Balaban J connectivity index is 2.74. The second kappa shape index (κ2) is 6.64. The van der Waals surface area contributed by atoms with Crippen LogP contribution in [0.15, 0.2) is 18.5 Å². The first-order valence-corrected chi connectivity index (χ1v) is 6.28. The highest BCUT2D eigenvalue weighted by Crippen LogP contribution is 2.21. The van der Waals surface area contributed by atoms with Crippen molar-refractivity contribution in [1.82, 2.24) is 10.3 Å². The van der Waals surface area contributed by atoms with Gasteiger partial charge in [-0.2, -0.15) is 0 Å². The summed E-state index contributed by atoms with van der Waals surface area (Å²) in [7, 11) is 0. The Morgan fingerprint density at radius 1 is 1.31 bits per heavy atom. The van der Waals surface area contributed by atoms with Gasteiger partial charge in [-0.25, -0.2) is 0 Å². The van der Waals surface area contributed by atoms with Gasteiger partial charge in [-0.15, -0.1) is 0 Å². The molecule has 0 aliphatic rings. The number of rotatable bonds is 6. The Hall–Kier alpha value is -0.890. The van der Waals surface area contributed by atoms with E-state index in [9.17, 15) is 0 Å². The maximum absolute atomic E-state index is 4.28. The smallest absolute Gasteiger partial charge is 0.0338 e. The molecule has 2 heteroatoms. The van der Waals surface area contributed by atoms with E-state index in [1.165, 1.54) is 24.0 Å². The van der Waals surface area contributed by atoms with Crippen molar-refractivity contribution in [2.75, 3.05) is 6.54 Å².